The van der Waals surface area contributed by atoms with Gasteiger partial charge in [0.15, 0.2) is 0 Å². The first-order chi connectivity index (χ1) is 33.5. The van der Waals surface area contributed by atoms with Crippen molar-refractivity contribution >= 4 is 11.9 Å². The van der Waals surface area contributed by atoms with Crippen LogP contribution < -0.4 is 5.32 Å². The van der Waals surface area contributed by atoms with Gasteiger partial charge in [0.2, 0.25) is 5.91 Å². The van der Waals surface area contributed by atoms with E-state index in [0.29, 0.717) is 19.3 Å². The molecule has 0 aliphatic heterocycles. The number of nitrogens with one attached hydrogen (secondary N) is 1. The Bertz CT molecular complexity index is 1120. The first-order valence-electron chi connectivity index (χ1n) is 30.2. The zero-order chi connectivity index (χ0) is 49.5. The number of esters is 1. The second kappa shape index (κ2) is 56.0. The number of unbranched alkanes of at least 4 members (excludes halogenated alkanes) is 39. The molecule has 0 aromatic rings. The highest BCUT2D eigenvalue weighted by atomic mass is 16.5. The summed E-state index contributed by atoms with van der Waals surface area (Å²) < 4.78 is 5.96. The lowest BCUT2D eigenvalue weighted by molar-refractivity contribution is -0.151. The second-order valence-corrected chi connectivity index (χ2v) is 20.8. The molecule has 1 amide bonds. The molecule has 0 aromatic heterocycles. The molecule has 0 fully saturated rings. The second-order valence-electron chi connectivity index (χ2n) is 20.8. The first-order valence-corrected chi connectivity index (χ1v) is 30.2. The minimum absolute atomic E-state index is 0.0595. The molecule has 0 saturated carbocycles. The first kappa shape index (κ1) is 66.1. The molecule has 6 nitrogen and oxygen atoms in total. The molecule has 0 aliphatic carbocycles. The Morgan fingerprint density at radius 1 is 0.426 bits per heavy atom. The summed E-state index contributed by atoms with van der Waals surface area (Å²) in [6.45, 7) is 6.50. The number of rotatable bonds is 55. The van der Waals surface area contributed by atoms with Crippen LogP contribution in [0.25, 0.3) is 0 Å². The third kappa shape index (κ3) is 50.5. The summed E-state index contributed by atoms with van der Waals surface area (Å²) in [5.74, 6) is -0.489. The maximum atomic E-state index is 13.3. The minimum Gasteiger partial charge on any atom is -0.462 e. The number of hydrogen-bond acceptors (Lipinski definition) is 5. The van der Waals surface area contributed by atoms with Gasteiger partial charge < -0.3 is 20.3 Å². The number of carbonyl (C=O) groups is 2. The predicted octanol–water partition coefficient (Wildman–Crippen LogP) is 18.8. The van der Waals surface area contributed by atoms with Crippen molar-refractivity contribution in [2.75, 3.05) is 6.61 Å². The average Bonchev–Trinajstić information content (AvgIpc) is 3.33. The molecule has 400 valence electrons. The molecule has 0 bridgehead atoms. The van der Waals surface area contributed by atoms with Gasteiger partial charge in [-0.2, -0.15) is 0 Å². The number of amides is 1. The highest BCUT2D eigenvalue weighted by Gasteiger charge is 2.24. The third-order valence-corrected chi connectivity index (χ3v) is 14.0. The molecular formula is C62H117NO5. The van der Waals surface area contributed by atoms with Crippen LogP contribution in [0.5, 0.6) is 0 Å². The molecule has 0 aromatic carbocycles. The quantitative estimate of drug-likeness (QED) is 0.0321. The van der Waals surface area contributed by atoms with E-state index in [1.807, 2.05) is 0 Å². The molecule has 6 heteroatoms. The van der Waals surface area contributed by atoms with Gasteiger partial charge in [0, 0.05) is 6.42 Å². The molecule has 3 atom stereocenters. The minimum atomic E-state index is -0.796. The Labute approximate surface area is 424 Å². The molecule has 0 aliphatic rings. The molecule has 0 radical (unpaired) electrons. The van der Waals surface area contributed by atoms with Crippen molar-refractivity contribution in [1.82, 2.24) is 5.32 Å². The Morgan fingerprint density at radius 3 is 1.13 bits per heavy atom. The molecule has 0 rings (SSSR count). The van der Waals surface area contributed by atoms with Gasteiger partial charge in [0.05, 0.1) is 25.2 Å². The van der Waals surface area contributed by atoms with Gasteiger partial charge in [-0.3, -0.25) is 9.59 Å². The van der Waals surface area contributed by atoms with E-state index in [1.54, 1.807) is 0 Å². The fraction of sp³-hybridized carbons (Fsp3) is 0.871. The zero-order valence-corrected chi connectivity index (χ0v) is 45.8. The van der Waals surface area contributed by atoms with E-state index in [-0.39, 0.29) is 24.9 Å². The standard InChI is InChI=1S/C62H117NO5/c1-4-7-10-13-16-19-22-25-28-31-34-37-40-43-46-49-52-55-62(67)68-58(53-50-47-44-41-38-35-32-29-26-23-20-17-14-11-8-5-2)56-61(66)63-59(57-64)60(65)54-51-48-45-42-39-36-33-30-27-24-21-18-15-12-9-6-3/h23,26,29,32,35,38,58-60,64-65H,4-22,24-25,27-28,30-31,33-34,36-37,39-57H2,1-3H3,(H,63,66)/b26-23+,32-29+,38-35+. The average molecular weight is 957 g/mol. The van der Waals surface area contributed by atoms with Gasteiger partial charge >= 0.3 is 5.97 Å². The van der Waals surface area contributed by atoms with E-state index in [2.05, 4.69) is 62.5 Å². The van der Waals surface area contributed by atoms with Crippen molar-refractivity contribution in [2.24, 2.45) is 0 Å². The Hall–Kier alpha value is -1.92. The normalized spacial score (nSPS) is 13.3. The summed E-state index contributed by atoms with van der Waals surface area (Å²) in [6, 6.07) is -0.711. The van der Waals surface area contributed by atoms with Gasteiger partial charge in [0.25, 0.3) is 0 Å². The number of aliphatic hydroxyl groups is 2. The molecule has 0 heterocycles. The van der Waals surface area contributed by atoms with Crippen LogP contribution in [0, 0.1) is 0 Å². The fourth-order valence-electron chi connectivity index (χ4n) is 9.44. The van der Waals surface area contributed by atoms with E-state index >= 15 is 0 Å². The van der Waals surface area contributed by atoms with Crippen LogP contribution in [0.1, 0.15) is 323 Å². The van der Waals surface area contributed by atoms with Gasteiger partial charge in [-0.15, -0.1) is 0 Å². The number of aliphatic hydroxyl groups excluding tert-OH is 2. The summed E-state index contributed by atoms with van der Waals surface area (Å²) in [5, 5.41) is 23.9. The largest absolute Gasteiger partial charge is 0.462 e. The summed E-state index contributed by atoms with van der Waals surface area (Å²) >= 11 is 0. The van der Waals surface area contributed by atoms with Crippen LogP contribution in [-0.2, 0) is 14.3 Å². The third-order valence-electron chi connectivity index (χ3n) is 14.0. The summed E-state index contributed by atoms with van der Waals surface area (Å²) in [4.78, 5) is 26.3. The Kier molecular flexibility index (Phi) is 54.4. The van der Waals surface area contributed by atoms with Crippen LogP contribution in [0.2, 0.25) is 0 Å². The molecule has 0 spiro atoms. The van der Waals surface area contributed by atoms with E-state index in [9.17, 15) is 19.8 Å². The van der Waals surface area contributed by atoms with Crippen LogP contribution >= 0.6 is 0 Å². The number of ether oxygens (including phenoxy) is 1. The molecule has 0 saturated heterocycles. The number of allylic oxidation sites excluding steroid dienone is 6. The van der Waals surface area contributed by atoms with Crippen molar-refractivity contribution in [2.45, 2.75) is 341 Å². The van der Waals surface area contributed by atoms with Gasteiger partial charge in [-0.1, -0.05) is 295 Å². The topological polar surface area (TPSA) is 95.9 Å². The highest BCUT2D eigenvalue weighted by Crippen LogP contribution is 2.19. The monoisotopic (exact) mass is 956 g/mol. The lowest BCUT2D eigenvalue weighted by Gasteiger charge is -2.24. The molecular weight excluding hydrogens is 839 g/mol. The SMILES string of the molecule is CCCCCCC/C=C/C=C/C=C/CCCCCC(CC(=O)NC(CO)C(O)CCCCCCCCCCCCCCCCCC)OC(=O)CCCCCCCCCCCCCCCCCCC. The Morgan fingerprint density at radius 2 is 0.750 bits per heavy atom. The lowest BCUT2D eigenvalue weighted by Crippen LogP contribution is -2.46. The van der Waals surface area contributed by atoms with Crippen LogP contribution in [0.4, 0.5) is 0 Å². The summed E-state index contributed by atoms with van der Waals surface area (Å²) in [5.41, 5.74) is 0. The summed E-state index contributed by atoms with van der Waals surface area (Å²) in [6.07, 6.45) is 67.8. The lowest BCUT2D eigenvalue weighted by atomic mass is 10.0. The van der Waals surface area contributed by atoms with E-state index < -0.39 is 18.2 Å². The van der Waals surface area contributed by atoms with Gasteiger partial charge in [0.1, 0.15) is 6.10 Å². The zero-order valence-electron chi connectivity index (χ0n) is 45.8. The van der Waals surface area contributed by atoms with Crippen molar-refractivity contribution in [3.8, 4) is 0 Å². The van der Waals surface area contributed by atoms with Gasteiger partial charge in [-0.05, 0) is 51.4 Å². The number of hydrogen-bond donors (Lipinski definition) is 3. The highest BCUT2D eigenvalue weighted by molar-refractivity contribution is 5.77. The summed E-state index contributed by atoms with van der Waals surface area (Å²) in [7, 11) is 0. The maximum absolute atomic E-state index is 13.3. The van der Waals surface area contributed by atoms with Crippen molar-refractivity contribution in [3.63, 3.8) is 0 Å². The Balaban J connectivity index is 4.57. The maximum Gasteiger partial charge on any atom is 0.306 e. The fourth-order valence-corrected chi connectivity index (χ4v) is 9.44. The van der Waals surface area contributed by atoms with E-state index in [1.165, 1.54) is 205 Å². The molecule has 3 N–H and O–H groups in total. The van der Waals surface area contributed by atoms with Crippen LogP contribution in [-0.4, -0.2) is 46.9 Å². The predicted molar refractivity (Wildman–Crippen MR) is 296 cm³/mol. The van der Waals surface area contributed by atoms with E-state index in [4.69, 9.17) is 4.74 Å². The van der Waals surface area contributed by atoms with Crippen LogP contribution in [0.3, 0.4) is 0 Å². The number of carbonyl (C=O) groups excluding carboxylic acids is 2. The van der Waals surface area contributed by atoms with E-state index in [0.717, 1.165) is 70.6 Å². The van der Waals surface area contributed by atoms with Gasteiger partial charge in [-0.25, -0.2) is 0 Å². The van der Waals surface area contributed by atoms with Crippen molar-refractivity contribution < 1.29 is 24.5 Å². The molecule has 3 unspecified atom stereocenters. The van der Waals surface area contributed by atoms with Crippen LogP contribution in [0.15, 0.2) is 36.5 Å². The smallest absolute Gasteiger partial charge is 0.306 e. The molecule has 68 heavy (non-hydrogen) atoms. The van der Waals surface area contributed by atoms with Crippen molar-refractivity contribution in [1.29, 1.82) is 0 Å². The van der Waals surface area contributed by atoms with Crippen molar-refractivity contribution in [3.05, 3.63) is 36.5 Å².